The van der Waals surface area contributed by atoms with Crippen LogP contribution in [0, 0.1) is 17.8 Å². The molecule has 1 aromatic carbocycles. The molecule has 8 heteroatoms. The third kappa shape index (κ3) is 4.51. The maximum Gasteiger partial charge on any atom is 0.247 e. The summed E-state index contributed by atoms with van der Waals surface area (Å²) in [5, 5.41) is 10.7. The molecule has 3 heterocycles. The third-order valence-corrected chi connectivity index (χ3v) is 11.9. The lowest BCUT2D eigenvalue weighted by molar-refractivity contribution is -0.148. The smallest absolute Gasteiger partial charge is 0.247 e. The lowest BCUT2D eigenvalue weighted by atomic mass is 9.65. The summed E-state index contributed by atoms with van der Waals surface area (Å²) in [5.74, 6) is -1.37. The molecule has 7 nitrogen and oxygen atoms in total. The number of likely N-dealkylation sites (tertiary alicyclic amines) is 1. The van der Waals surface area contributed by atoms with Gasteiger partial charge < -0.3 is 19.8 Å². The molecule has 7 atom stereocenters. The van der Waals surface area contributed by atoms with Crippen LogP contribution in [0.15, 0.2) is 55.6 Å². The zero-order valence-electron chi connectivity index (χ0n) is 23.8. The second kappa shape index (κ2) is 11.7. The van der Waals surface area contributed by atoms with Crippen molar-refractivity contribution in [1.82, 2.24) is 14.7 Å². The minimum atomic E-state index is -0.767. The molecule has 1 N–H and O–H groups in total. The minimum Gasteiger partial charge on any atom is -0.394 e. The summed E-state index contributed by atoms with van der Waals surface area (Å²) in [6, 6.07) is 8.14. The summed E-state index contributed by atoms with van der Waals surface area (Å²) < 4.78 is -0.732. The molecule has 3 amide bonds. The van der Waals surface area contributed by atoms with Gasteiger partial charge in [-0.3, -0.25) is 14.4 Å². The fourth-order valence-electron chi connectivity index (χ4n) is 8.03. The van der Waals surface area contributed by atoms with E-state index in [1.807, 2.05) is 35.2 Å². The maximum atomic E-state index is 14.9. The Morgan fingerprint density at radius 3 is 2.42 bits per heavy atom. The van der Waals surface area contributed by atoms with Gasteiger partial charge in [-0.15, -0.1) is 24.9 Å². The highest BCUT2D eigenvalue weighted by molar-refractivity contribution is 8.02. The first-order valence-electron chi connectivity index (χ1n) is 14.7. The molecule has 0 aromatic heterocycles. The summed E-state index contributed by atoms with van der Waals surface area (Å²) in [6.07, 6.45) is 9.47. The van der Waals surface area contributed by atoms with Crippen LogP contribution in [-0.2, 0) is 14.4 Å². The fourth-order valence-corrected chi connectivity index (χ4v) is 10.4. The van der Waals surface area contributed by atoms with E-state index in [1.165, 1.54) is 6.42 Å². The Hall–Kier alpha value is -2.58. The third-order valence-electron chi connectivity index (χ3n) is 9.80. The van der Waals surface area contributed by atoms with Gasteiger partial charge in [0, 0.05) is 31.4 Å². The van der Waals surface area contributed by atoms with Crippen LogP contribution in [0.4, 0.5) is 0 Å². The average molecular weight is 566 g/mol. The number of carbonyl (C=O) groups is 3. The number of carbonyl (C=O) groups excluding carboxylic acids is 3. The second-order valence-corrected chi connectivity index (χ2v) is 13.5. The highest BCUT2D eigenvalue weighted by Crippen LogP contribution is 2.69. The van der Waals surface area contributed by atoms with Gasteiger partial charge in [0.1, 0.15) is 6.04 Å². The maximum absolute atomic E-state index is 14.9. The van der Waals surface area contributed by atoms with Gasteiger partial charge in [0.2, 0.25) is 17.7 Å². The average Bonchev–Trinajstić information content (AvgIpc) is 3.56. The van der Waals surface area contributed by atoms with Gasteiger partial charge in [0.05, 0.1) is 29.2 Å². The molecule has 1 aromatic rings. The number of amides is 3. The molecule has 3 unspecified atom stereocenters. The Bertz CT molecular complexity index is 1140. The van der Waals surface area contributed by atoms with E-state index < -0.39 is 28.7 Å². The van der Waals surface area contributed by atoms with Crippen LogP contribution in [0.3, 0.4) is 0 Å². The number of fused-ring (bicyclic) bond motifs is 1. The fraction of sp³-hybridized carbons (Fsp3) is 0.594. The van der Waals surface area contributed by atoms with Crippen LogP contribution >= 0.6 is 11.8 Å². The van der Waals surface area contributed by atoms with Crippen molar-refractivity contribution in [3.8, 4) is 0 Å². The van der Waals surface area contributed by atoms with Crippen LogP contribution in [0.25, 0.3) is 0 Å². The van der Waals surface area contributed by atoms with E-state index in [9.17, 15) is 19.5 Å². The SMILES string of the molecule is C=CCN(C)C(=O)[C@@H]1[C@H]2C(=O)N([C@H](CO)c3ccccc3)C(C(=O)N(CC=C)C3CCCCC3)C23S[C@@H]1CC3C. The highest BCUT2D eigenvalue weighted by Gasteiger charge is 2.77. The van der Waals surface area contributed by atoms with E-state index in [0.717, 1.165) is 37.7 Å². The number of aliphatic hydroxyl groups is 1. The summed E-state index contributed by atoms with van der Waals surface area (Å²) in [6.45, 7) is 10.4. The van der Waals surface area contributed by atoms with Crippen LogP contribution in [0.2, 0.25) is 0 Å². The highest BCUT2D eigenvalue weighted by atomic mass is 32.2. The summed E-state index contributed by atoms with van der Waals surface area (Å²) in [7, 11) is 1.76. The first-order valence-corrected chi connectivity index (χ1v) is 15.6. The molecule has 1 saturated carbocycles. The van der Waals surface area contributed by atoms with Crippen molar-refractivity contribution in [3.63, 3.8) is 0 Å². The second-order valence-electron chi connectivity index (χ2n) is 12.0. The van der Waals surface area contributed by atoms with E-state index in [0.29, 0.717) is 13.1 Å². The Kier molecular flexibility index (Phi) is 8.48. The quantitative estimate of drug-likeness (QED) is 0.433. The molecule has 4 aliphatic rings. The minimum absolute atomic E-state index is 0.0204. The van der Waals surface area contributed by atoms with Crippen LogP contribution < -0.4 is 0 Å². The van der Waals surface area contributed by atoms with E-state index in [2.05, 4.69) is 20.1 Å². The molecule has 1 spiro atoms. The Morgan fingerprint density at radius 2 is 1.80 bits per heavy atom. The van der Waals surface area contributed by atoms with Crippen molar-refractivity contribution >= 4 is 29.5 Å². The monoisotopic (exact) mass is 565 g/mol. The van der Waals surface area contributed by atoms with Crippen LogP contribution in [-0.4, -0.2) is 86.4 Å². The molecule has 3 saturated heterocycles. The number of benzene rings is 1. The van der Waals surface area contributed by atoms with Crippen molar-refractivity contribution in [2.24, 2.45) is 17.8 Å². The van der Waals surface area contributed by atoms with E-state index in [1.54, 1.807) is 40.8 Å². The lowest BCUT2D eigenvalue weighted by Gasteiger charge is -2.44. The predicted molar refractivity (Wildman–Crippen MR) is 158 cm³/mol. The van der Waals surface area contributed by atoms with Crippen molar-refractivity contribution in [2.45, 2.75) is 73.6 Å². The number of hydrogen-bond donors (Lipinski definition) is 1. The van der Waals surface area contributed by atoms with Crippen molar-refractivity contribution in [1.29, 1.82) is 0 Å². The Balaban J connectivity index is 1.63. The van der Waals surface area contributed by atoms with Gasteiger partial charge in [-0.25, -0.2) is 0 Å². The topological polar surface area (TPSA) is 81.2 Å². The molecule has 40 heavy (non-hydrogen) atoms. The summed E-state index contributed by atoms with van der Waals surface area (Å²) >= 11 is 1.69. The number of nitrogens with zero attached hydrogens (tertiary/aromatic N) is 3. The lowest BCUT2D eigenvalue weighted by Crippen LogP contribution is -2.59. The van der Waals surface area contributed by atoms with Crippen LogP contribution in [0.1, 0.15) is 57.1 Å². The van der Waals surface area contributed by atoms with E-state index in [-0.39, 0.29) is 41.5 Å². The largest absolute Gasteiger partial charge is 0.394 e. The number of likely N-dealkylation sites (N-methyl/N-ethyl adjacent to an activating group) is 1. The van der Waals surface area contributed by atoms with Crippen molar-refractivity contribution in [2.75, 3.05) is 26.7 Å². The van der Waals surface area contributed by atoms with E-state index >= 15 is 0 Å². The number of thioether (sulfide) groups is 1. The predicted octanol–water partition coefficient (Wildman–Crippen LogP) is 4.05. The molecular formula is C32H43N3O4S. The van der Waals surface area contributed by atoms with Crippen LogP contribution in [0.5, 0.6) is 0 Å². The Morgan fingerprint density at radius 1 is 1.12 bits per heavy atom. The molecular weight excluding hydrogens is 522 g/mol. The standard InChI is InChI=1S/C32H43N3O4S/c1-5-17-33(4)29(37)26-25-19-21(3)32(40-25)27(26)30(38)35(24(20-36)22-13-9-7-10-14-22)28(32)31(39)34(18-6-2)23-15-11-8-12-16-23/h5-7,9-10,13-14,21,23-28,36H,1-2,8,11-12,15-20H2,3-4H3/t21?,24-,25-,26+,27+,28?,32?/m1/s1. The molecule has 5 rings (SSSR count). The zero-order chi connectivity index (χ0) is 28.6. The van der Waals surface area contributed by atoms with Gasteiger partial charge in [0.25, 0.3) is 0 Å². The molecule has 216 valence electrons. The van der Waals surface area contributed by atoms with Gasteiger partial charge in [0.15, 0.2) is 0 Å². The molecule has 3 aliphatic heterocycles. The summed E-state index contributed by atoms with van der Waals surface area (Å²) in [4.78, 5) is 48.7. The first-order chi connectivity index (χ1) is 19.3. The Labute approximate surface area is 242 Å². The van der Waals surface area contributed by atoms with Gasteiger partial charge in [-0.2, -0.15) is 0 Å². The molecule has 0 radical (unpaired) electrons. The zero-order valence-corrected chi connectivity index (χ0v) is 24.6. The molecule has 2 bridgehead atoms. The first kappa shape index (κ1) is 28.9. The number of aliphatic hydroxyl groups excluding tert-OH is 1. The van der Waals surface area contributed by atoms with Gasteiger partial charge in [-0.1, -0.05) is 68.7 Å². The van der Waals surface area contributed by atoms with Gasteiger partial charge in [-0.05, 0) is 30.7 Å². The molecule has 1 aliphatic carbocycles. The normalized spacial score (nSPS) is 32.0. The van der Waals surface area contributed by atoms with Gasteiger partial charge >= 0.3 is 0 Å². The summed E-state index contributed by atoms with van der Waals surface area (Å²) in [5.41, 5.74) is 0.791. The number of rotatable bonds is 10. The number of hydrogen-bond acceptors (Lipinski definition) is 5. The van der Waals surface area contributed by atoms with Crippen molar-refractivity contribution < 1.29 is 19.5 Å². The van der Waals surface area contributed by atoms with E-state index in [4.69, 9.17) is 0 Å². The van der Waals surface area contributed by atoms with Crippen molar-refractivity contribution in [3.05, 3.63) is 61.2 Å². The molecule has 4 fully saturated rings.